The smallest absolute Gasteiger partial charge is 0.327 e. The molecule has 0 saturated heterocycles. The van der Waals surface area contributed by atoms with Gasteiger partial charge in [0.1, 0.15) is 6.04 Å². The Morgan fingerprint density at radius 2 is 2.13 bits per heavy atom. The van der Waals surface area contributed by atoms with Crippen LogP contribution < -0.4 is 5.43 Å². The fourth-order valence-electron chi connectivity index (χ4n) is 1.46. The maximum Gasteiger partial charge on any atom is 0.327 e. The van der Waals surface area contributed by atoms with Crippen molar-refractivity contribution in [1.29, 1.82) is 0 Å². The van der Waals surface area contributed by atoms with Gasteiger partial charge in [0.05, 0.1) is 5.52 Å². The molecule has 0 aliphatic rings. The second kappa shape index (κ2) is 3.65. The third-order valence-corrected chi connectivity index (χ3v) is 2.30. The summed E-state index contributed by atoms with van der Waals surface area (Å²) in [6, 6.07) is 9.13. The van der Waals surface area contributed by atoms with Crippen molar-refractivity contribution in [3.05, 3.63) is 36.5 Å². The molecule has 2 N–H and O–H groups in total. The summed E-state index contributed by atoms with van der Waals surface area (Å²) < 4.78 is 1.73. The Kier molecular flexibility index (Phi) is 2.33. The topological polar surface area (TPSA) is 54.3 Å². The van der Waals surface area contributed by atoms with E-state index in [1.807, 2.05) is 36.5 Å². The molecule has 0 bridgehead atoms. The Hall–Kier alpha value is -1.97. The van der Waals surface area contributed by atoms with Crippen LogP contribution in [0.5, 0.6) is 0 Å². The minimum atomic E-state index is -0.868. The van der Waals surface area contributed by atoms with Crippen LogP contribution >= 0.6 is 0 Å². The molecule has 0 fully saturated rings. The van der Waals surface area contributed by atoms with Gasteiger partial charge in [0.2, 0.25) is 0 Å². The summed E-state index contributed by atoms with van der Waals surface area (Å²) in [5.74, 6) is -0.868. The van der Waals surface area contributed by atoms with Gasteiger partial charge < -0.3 is 10.5 Å². The van der Waals surface area contributed by atoms with E-state index in [2.05, 4.69) is 5.43 Å². The molecule has 0 unspecified atom stereocenters. The summed E-state index contributed by atoms with van der Waals surface area (Å²) in [5.41, 5.74) is 3.86. The first-order valence-electron chi connectivity index (χ1n) is 4.74. The van der Waals surface area contributed by atoms with Gasteiger partial charge in [-0.3, -0.25) is 4.68 Å². The number of aliphatic carboxylic acids is 1. The van der Waals surface area contributed by atoms with Crippen molar-refractivity contribution in [3.63, 3.8) is 0 Å². The summed E-state index contributed by atoms with van der Waals surface area (Å²) in [6.07, 6.45) is 1.82. The van der Waals surface area contributed by atoms with E-state index in [4.69, 9.17) is 5.11 Å². The summed E-state index contributed by atoms with van der Waals surface area (Å²) in [7, 11) is 0. The Bertz CT molecular complexity index is 490. The maximum absolute atomic E-state index is 10.7. The SMILES string of the molecule is C[C@H](Nn1ccc2ccccc21)C(=O)O. The van der Waals surface area contributed by atoms with Gasteiger partial charge in [0.25, 0.3) is 0 Å². The highest BCUT2D eigenvalue weighted by Crippen LogP contribution is 2.13. The van der Waals surface area contributed by atoms with Crippen LogP contribution in [0.4, 0.5) is 0 Å². The van der Waals surface area contributed by atoms with Crippen LogP contribution in [0.25, 0.3) is 10.9 Å². The number of nitrogens with zero attached hydrogens (tertiary/aromatic N) is 1. The van der Waals surface area contributed by atoms with E-state index >= 15 is 0 Å². The number of fused-ring (bicyclic) bond motifs is 1. The molecule has 4 nitrogen and oxygen atoms in total. The molecule has 0 aliphatic heterocycles. The number of carbonyl (C=O) groups is 1. The standard InChI is InChI=1S/C11H12N2O2/c1-8(11(14)15)12-13-7-6-9-4-2-3-5-10(9)13/h2-8,12H,1H3,(H,14,15)/t8-/m0/s1. The largest absolute Gasteiger partial charge is 0.480 e. The number of rotatable bonds is 3. The van der Waals surface area contributed by atoms with E-state index in [9.17, 15) is 4.79 Å². The Morgan fingerprint density at radius 1 is 1.40 bits per heavy atom. The lowest BCUT2D eigenvalue weighted by atomic mass is 10.3. The highest BCUT2D eigenvalue weighted by Gasteiger charge is 2.10. The third kappa shape index (κ3) is 1.79. The summed E-state index contributed by atoms with van der Waals surface area (Å²) >= 11 is 0. The van der Waals surface area contributed by atoms with E-state index in [1.54, 1.807) is 11.6 Å². The van der Waals surface area contributed by atoms with Gasteiger partial charge in [0.15, 0.2) is 0 Å². The predicted octanol–water partition coefficient (Wildman–Crippen LogP) is 1.66. The number of nitrogens with one attached hydrogen (secondary N) is 1. The van der Waals surface area contributed by atoms with Crippen molar-refractivity contribution in [2.24, 2.45) is 0 Å². The molecule has 2 aromatic rings. The molecular weight excluding hydrogens is 192 g/mol. The van der Waals surface area contributed by atoms with Gasteiger partial charge in [-0.15, -0.1) is 0 Å². The number of para-hydroxylation sites is 1. The zero-order valence-corrected chi connectivity index (χ0v) is 8.34. The molecule has 15 heavy (non-hydrogen) atoms. The normalized spacial score (nSPS) is 12.6. The quantitative estimate of drug-likeness (QED) is 0.799. The van der Waals surface area contributed by atoms with Crippen LogP contribution in [0.2, 0.25) is 0 Å². The molecule has 0 radical (unpaired) electrons. The van der Waals surface area contributed by atoms with Crippen LogP contribution in [0.3, 0.4) is 0 Å². The van der Waals surface area contributed by atoms with Crippen molar-refractivity contribution in [3.8, 4) is 0 Å². The number of benzene rings is 1. The Balaban J connectivity index is 2.32. The highest BCUT2D eigenvalue weighted by molar-refractivity contribution is 5.81. The van der Waals surface area contributed by atoms with Crippen molar-refractivity contribution < 1.29 is 9.90 Å². The number of hydrogen-bond donors (Lipinski definition) is 2. The molecule has 1 aromatic carbocycles. The lowest BCUT2D eigenvalue weighted by molar-refractivity contribution is -0.137. The summed E-state index contributed by atoms with van der Waals surface area (Å²) in [6.45, 7) is 1.61. The second-order valence-electron chi connectivity index (χ2n) is 3.43. The van der Waals surface area contributed by atoms with Crippen LogP contribution in [0.15, 0.2) is 36.5 Å². The zero-order valence-electron chi connectivity index (χ0n) is 8.34. The molecule has 2 rings (SSSR count). The zero-order chi connectivity index (χ0) is 10.8. The van der Waals surface area contributed by atoms with Gasteiger partial charge in [-0.2, -0.15) is 0 Å². The predicted molar refractivity (Wildman–Crippen MR) is 58.4 cm³/mol. The summed E-state index contributed by atoms with van der Waals surface area (Å²) in [5, 5.41) is 9.86. The molecular formula is C11H12N2O2. The number of aromatic nitrogens is 1. The molecule has 1 atom stereocenters. The Labute approximate surface area is 87.1 Å². The van der Waals surface area contributed by atoms with Crippen LogP contribution in [0.1, 0.15) is 6.92 Å². The number of hydrogen-bond acceptors (Lipinski definition) is 2. The van der Waals surface area contributed by atoms with E-state index in [1.165, 1.54) is 0 Å². The van der Waals surface area contributed by atoms with E-state index < -0.39 is 12.0 Å². The number of carboxylic acids is 1. The van der Waals surface area contributed by atoms with Gasteiger partial charge >= 0.3 is 5.97 Å². The van der Waals surface area contributed by atoms with Gasteiger partial charge in [-0.25, -0.2) is 4.79 Å². The van der Waals surface area contributed by atoms with E-state index in [0.29, 0.717) is 0 Å². The minimum absolute atomic E-state index is 0.610. The monoisotopic (exact) mass is 204 g/mol. The maximum atomic E-state index is 10.7. The van der Waals surface area contributed by atoms with Crippen LogP contribution in [-0.4, -0.2) is 21.8 Å². The lowest BCUT2D eigenvalue weighted by Gasteiger charge is -2.12. The molecule has 4 heteroatoms. The third-order valence-electron chi connectivity index (χ3n) is 2.30. The van der Waals surface area contributed by atoms with E-state index in [0.717, 1.165) is 10.9 Å². The van der Waals surface area contributed by atoms with Gasteiger partial charge in [0, 0.05) is 11.6 Å². The second-order valence-corrected chi connectivity index (χ2v) is 3.43. The van der Waals surface area contributed by atoms with Crippen molar-refractivity contribution in [2.75, 3.05) is 5.43 Å². The molecule has 0 aliphatic carbocycles. The fourth-order valence-corrected chi connectivity index (χ4v) is 1.46. The molecule has 78 valence electrons. The molecule has 0 amide bonds. The Morgan fingerprint density at radius 3 is 2.87 bits per heavy atom. The van der Waals surface area contributed by atoms with Gasteiger partial charge in [-0.05, 0) is 19.1 Å². The lowest BCUT2D eigenvalue weighted by Crippen LogP contribution is -2.31. The van der Waals surface area contributed by atoms with Crippen molar-refractivity contribution in [2.45, 2.75) is 13.0 Å². The van der Waals surface area contributed by atoms with Crippen LogP contribution in [0, 0.1) is 0 Å². The van der Waals surface area contributed by atoms with E-state index in [-0.39, 0.29) is 0 Å². The van der Waals surface area contributed by atoms with Gasteiger partial charge in [-0.1, -0.05) is 18.2 Å². The van der Waals surface area contributed by atoms with Crippen LogP contribution in [-0.2, 0) is 4.79 Å². The summed E-state index contributed by atoms with van der Waals surface area (Å²) in [4.78, 5) is 10.7. The first-order valence-corrected chi connectivity index (χ1v) is 4.74. The van der Waals surface area contributed by atoms with Crippen molar-refractivity contribution in [1.82, 2.24) is 4.68 Å². The first-order chi connectivity index (χ1) is 7.18. The van der Waals surface area contributed by atoms with Crippen molar-refractivity contribution >= 4 is 16.9 Å². The highest BCUT2D eigenvalue weighted by atomic mass is 16.4. The molecule has 1 aromatic heterocycles. The molecule has 0 saturated carbocycles. The average Bonchev–Trinajstić information content (AvgIpc) is 2.62. The minimum Gasteiger partial charge on any atom is -0.480 e. The average molecular weight is 204 g/mol. The molecule has 0 spiro atoms. The fraction of sp³-hybridized carbons (Fsp3) is 0.182. The molecule has 1 heterocycles. The first kappa shape index (κ1) is 9.58. The number of carboxylic acid groups (broad SMARTS) is 1.